The van der Waals surface area contributed by atoms with Crippen LogP contribution in [-0.4, -0.2) is 24.7 Å². The van der Waals surface area contributed by atoms with E-state index < -0.39 is 0 Å². The highest BCUT2D eigenvalue weighted by atomic mass is 15.2. The molecule has 0 saturated carbocycles. The predicted octanol–water partition coefficient (Wildman–Crippen LogP) is 3.27. The summed E-state index contributed by atoms with van der Waals surface area (Å²) >= 11 is 0. The third-order valence-corrected chi connectivity index (χ3v) is 4.16. The van der Waals surface area contributed by atoms with Gasteiger partial charge in [-0.1, -0.05) is 6.07 Å². The number of hydrogen-bond acceptors (Lipinski definition) is 2. The molecular formula is C16H26N2. The van der Waals surface area contributed by atoms with Crippen LogP contribution < -0.4 is 10.2 Å². The Morgan fingerprint density at radius 1 is 1.22 bits per heavy atom. The quantitative estimate of drug-likeness (QED) is 0.818. The summed E-state index contributed by atoms with van der Waals surface area (Å²) in [5.74, 6) is 0. The van der Waals surface area contributed by atoms with E-state index in [9.17, 15) is 0 Å². The van der Waals surface area contributed by atoms with Crippen molar-refractivity contribution in [2.45, 2.75) is 52.6 Å². The Balaban J connectivity index is 2.40. The topological polar surface area (TPSA) is 15.3 Å². The summed E-state index contributed by atoms with van der Waals surface area (Å²) < 4.78 is 0. The fourth-order valence-electron chi connectivity index (χ4n) is 3.00. The molecule has 1 aliphatic heterocycles. The Morgan fingerprint density at radius 3 is 2.61 bits per heavy atom. The first-order valence-corrected chi connectivity index (χ1v) is 6.99. The maximum Gasteiger partial charge on any atom is 0.0473 e. The van der Waals surface area contributed by atoms with Crippen LogP contribution in [0.15, 0.2) is 18.2 Å². The molecule has 1 saturated heterocycles. The Hall–Kier alpha value is -1.02. The highest BCUT2D eigenvalue weighted by molar-refractivity contribution is 5.53. The molecule has 1 heterocycles. The van der Waals surface area contributed by atoms with Gasteiger partial charge in [-0.3, -0.25) is 0 Å². The monoisotopic (exact) mass is 246 g/mol. The molecule has 2 rings (SSSR count). The zero-order valence-corrected chi connectivity index (χ0v) is 12.4. The smallest absolute Gasteiger partial charge is 0.0473 e. The van der Waals surface area contributed by atoms with E-state index in [1.54, 1.807) is 0 Å². The van der Waals surface area contributed by atoms with Crippen LogP contribution in [0.3, 0.4) is 0 Å². The van der Waals surface area contributed by atoms with E-state index in [4.69, 9.17) is 0 Å². The Morgan fingerprint density at radius 2 is 1.94 bits per heavy atom. The summed E-state index contributed by atoms with van der Waals surface area (Å²) in [5.41, 5.74) is 4.28. The standard InChI is InChI=1S/C16H26N2/c1-12-6-7-15(10-13(12)2)18-14(3)8-9-17-11-16(18,4)5/h6-7,10,14,17H,8-9,11H2,1-5H3. The number of nitrogens with one attached hydrogen (secondary N) is 1. The lowest BCUT2D eigenvalue weighted by Gasteiger charge is -2.43. The third-order valence-electron chi connectivity index (χ3n) is 4.16. The van der Waals surface area contributed by atoms with E-state index in [0.717, 1.165) is 13.1 Å². The zero-order chi connectivity index (χ0) is 13.3. The van der Waals surface area contributed by atoms with Gasteiger partial charge in [0.05, 0.1) is 0 Å². The molecule has 1 fully saturated rings. The lowest BCUT2D eigenvalue weighted by Crippen LogP contribution is -2.52. The van der Waals surface area contributed by atoms with Crippen molar-refractivity contribution in [3.8, 4) is 0 Å². The van der Waals surface area contributed by atoms with Gasteiger partial charge in [0, 0.05) is 23.8 Å². The second-order valence-electron chi connectivity index (χ2n) is 6.27. The van der Waals surface area contributed by atoms with Gasteiger partial charge in [0.2, 0.25) is 0 Å². The van der Waals surface area contributed by atoms with Crippen molar-refractivity contribution in [3.63, 3.8) is 0 Å². The molecule has 0 radical (unpaired) electrons. The summed E-state index contributed by atoms with van der Waals surface area (Å²) in [5, 5.41) is 3.55. The van der Waals surface area contributed by atoms with Crippen molar-refractivity contribution in [2.24, 2.45) is 0 Å². The number of aryl methyl sites for hydroxylation is 2. The van der Waals surface area contributed by atoms with E-state index in [0.29, 0.717) is 6.04 Å². The summed E-state index contributed by atoms with van der Waals surface area (Å²) in [6.07, 6.45) is 1.20. The van der Waals surface area contributed by atoms with Gasteiger partial charge in [-0.2, -0.15) is 0 Å². The van der Waals surface area contributed by atoms with Crippen LogP contribution in [0.1, 0.15) is 38.3 Å². The van der Waals surface area contributed by atoms with Crippen LogP contribution >= 0.6 is 0 Å². The highest BCUT2D eigenvalue weighted by Crippen LogP contribution is 2.30. The first-order chi connectivity index (χ1) is 8.42. The largest absolute Gasteiger partial charge is 0.362 e. The van der Waals surface area contributed by atoms with Gasteiger partial charge < -0.3 is 10.2 Å². The Labute approximate surface area is 111 Å². The average molecular weight is 246 g/mol. The number of hydrogen-bond donors (Lipinski definition) is 1. The SMILES string of the molecule is Cc1ccc(N2C(C)CCNCC2(C)C)cc1C. The summed E-state index contributed by atoms with van der Waals surface area (Å²) in [7, 11) is 0. The van der Waals surface area contributed by atoms with Crippen molar-refractivity contribution in [1.82, 2.24) is 5.32 Å². The van der Waals surface area contributed by atoms with Crippen LogP contribution in [-0.2, 0) is 0 Å². The highest BCUT2D eigenvalue weighted by Gasteiger charge is 2.32. The third kappa shape index (κ3) is 2.54. The lowest BCUT2D eigenvalue weighted by molar-refractivity contribution is 0.433. The molecule has 1 atom stereocenters. The number of rotatable bonds is 1. The molecule has 0 aromatic heterocycles. The van der Waals surface area contributed by atoms with E-state index in [1.165, 1.54) is 23.2 Å². The number of nitrogens with zero attached hydrogens (tertiary/aromatic N) is 1. The molecule has 18 heavy (non-hydrogen) atoms. The fourth-order valence-corrected chi connectivity index (χ4v) is 3.00. The molecule has 0 spiro atoms. The van der Waals surface area contributed by atoms with Crippen molar-refractivity contribution >= 4 is 5.69 Å². The van der Waals surface area contributed by atoms with Gasteiger partial charge >= 0.3 is 0 Å². The molecule has 100 valence electrons. The molecule has 0 aliphatic carbocycles. The molecule has 1 aromatic rings. The number of anilines is 1. The van der Waals surface area contributed by atoms with E-state index >= 15 is 0 Å². The molecule has 2 heteroatoms. The van der Waals surface area contributed by atoms with Gasteiger partial charge in [-0.25, -0.2) is 0 Å². The van der Waals surface area contributed by atoms with E-state index in [-0.39, 0.29) is 5.54 Å². The van der Waals surface area contributed by atoms with Crippen LogP contribution in [0.2, 0.25) is 0 Å². The van der Waals surface area contributed by atoms with Gasteiger partial charge in [-0.15, -0.1) is 0 Å². The number of benzene rings is 1. The Kier molecular flexibility index (Phi) is 3.67. The van der Waals surface area contributed by atoms with E-state index in [2.05, 4.69) is 63.0 Å². The van der Waals surface area contributed by atoms with Gasteiger partial charge in [0.15, 0.2) is 0 Å². The molecule has 1 unspecified atom stereocenters. The molecular weight excluding hydrogens is 220 g/mol. The molecule has 1 aromatic carbocycles. The average Bonchev–Trinajstić information content (AvgIpc) is 2.41. The van der Waals surface area contributed by atoms with Gasteiger partial charge in [-0.05, 0) is 70.8 Å². The lowest BCUT2D eigenvalue weighted by atomic mass is 9.98. The van der Waals surface area contributed by atoms with Crippen LogP contribution in [0.4, 0.5) is 5.69 Å². The molecule has 1 N–H and O–H groups in total. The summed E-state index contributed by atoms with van der Waals surface area (Å²) in [6, 6.07) is 7.42. The Bertz CT molecular complexity index is 423. The summed E-state index contributed by atoms with van der Waals surface area (Å²) in [4.78, 5) is 2.58. The zero-order valence-electron chi connectivity index (χ0n) is 12.4. The minimum absolute atomic E-state index is 0.164. The van der Waals surface area contributed by atoms with Crippen molar-refractivity contribution in [3.05, 3.63) is 29.3 Å². The second-order valence-corrected chi connectivity index (χ2v) is 6.27. The minimum atomic E-state index is 0.164. The maximum absolute atomic E-state index is 3.55. The second kappa shape index (κ2) is 4.93. The molecule has 0 bridgehead atoms. The maximum atomic E-state index is 3.55. The normalized spacial score (nSPS) is 23.8. The van der Waals surface area contributed by atoms with Crippen LogP contribution in [0, 0.1) is 13.8 Å². The van der Waals surface area contributed by atoms with Gasteiger partial charge in [0.1, 0.15) is 0 Å². The van der Waals surface area contributed by atoms with Crippen molar-refractivity contribution < 1.29 is 0 Å². The minimum Gasteiger partial charge on any atom is -0.362 e. The van der Waals surface area contributed by atoms with E-state index in [1.807, 2.05) is 0 Å². The fraction of sp³-hybridized carbons (Fsp3) is 0.625. The predicted molar refractivity (Wildman–Crippen MR) is 79.4 cm³/mol. The molecule has 1 aliphatic rings. The molecule has 0 amide bonds. The molecule has 2 nitrogen and oxygen atoms in total. The van der Waals surface area contributed by atoms with Gasteiger partial charge in [0.25, 0.3) is 0 Å². The first kappa shape index (κ1) is 13.4. The van der Waals surface area contributed by atoms with Crippen molar-refractivity contribution in [2.75, 3.05) is 18.0 Å². The van der Waals surface area contributed by atoms with Crippen LogP contribution in [0.5, 0.6) is 0 Å². The first-order valence-electron chi connectivity index (χ1n) is 6.99. The summed E-state index contributed by atoms with van der Waals surface area (Å²) in [6.45, 7) is 13.5. The van der Waals surface area contributed by atoms with Crippen molar-refractivity contribution in [1.29, 1.82) is 0 Å². The van der Waals surface area contributed by atoms with Crippen LogP contribution in [0.25, 0.3) is 0 Å².